The molecule has 20 N–H and O–H groups in total. The van der Waals surface area contributed by atoms with E-state index in [0.29, 0.717) is 19.4 Å². The zero-order valence-corrected chi connectivity index (χ0v) is 34.9. The standard InChI is InChI=1S/C36H66N16O9/c1-19(2)26(31(58)49-23(33(60)61)11-6-16-46-36(41)42)51-30(57)25-12-7-17-52(25)32(59)22(10-5-15-45-35(39)40)48-29(56)24(18-53)50-28(55)21(9-4-14-44-34(37)38)47-27(54)20-8-3-13-43-20/h19-26,43,53H,3-18H2,1-2H3,(H,47,54)(H,48,56)(H,49,58)(H,50,55)(H,51,57)(H,60,61)(H4,37,38,44)(H4,39,40,45)(H4,41,42,46)/t20-,21-,22-,23-,24-,25-,26-/m0/s1. The molecule has 0 saturated carbocycles. The van der Waals surface area contributed by atoms with Crippen LogP contribution in [0.3, 0.4) is 0 Å². The number of aliphatic hydroxyl groups excluding tert-OH is 1. The molecule has 0 aromatic rings. The molecule has 2 rings (SSSR count). The van der Waals surface area contributed by atoms with Crippen molar-refractivity contribution in [2.45, 2.75) is 120 Å². The Bertz CT molecular complexity index is 1590. The molecular formula is C36H66N16O9. The number of nitrogens with two attached hydrogens (primary N) is 6. The minimum Gasteiger partial charge on any atom is -0.480 e. The van der Waals surface area contributed by atoms with Crippen molar-refractivity contribution in [2.24, 2.45) is 55.3 Å². The molecule has 6 amide bonds. The van der Waals surface area contributed by atoms with Gasteiger partial charge in [0, 0.05) is 26.2 Å². The van der Waals surface area contributed by atoms with Crippen LogP contribution in [0.1, 0.15) is 78.1 Å². The van der Waals surface area contributed by atoms with Gasteiger partial charge in [0.25, 0.3) is 0 Å². The van der Waals surface area contributed by atoms with Gasteiger partial charge in [-0.1, -0.05) is 13.8 Å². The quantitative estimate of drug-likeness (QED) is 0.0219. The van der Waals surface area contributed by atoms with Crippen molar-refractivity contribution < 1.29 is 43.8 Å². The summed E-state index contributed by atoms with van der Waals surface area (Å²) < 4.78 is 0. The normalized spacial score (nSPS) is 18.3. The minimum absolute atomic E-state index is 0.00854. The van der Waals surface area contributed by atoms with E-state index in [2.05, 4.69) is 46.9 Å². The molecule has 2 fully saturated rings. The molecule has 25 heteroatoms. The number of aliphatic hydroxyl groups is 1. The van der Waals surface area contributed by atoms with Crippen molar-refractivity contribution in [3.8, 4) is 0 Å². The number of hydrogen-bond acceptors (Lipinski definition) is 12. The molecule has 61 heavy (non-hydrogen) atoms. The SMILES string of the molecule is CC(C)[C@H](NC(=O)[C@@H]1CCCN1C(=O)[C@H](CCCN=C(N)N)NC(=O)[C@H](CO)NC(=O)[C@H](CCCN=C(N)N)NC(=O)[C@@H]1CCCN1)C(=O)N[C@@H](CCCN=C(N)N)C(=O)O. The number of carboxylic acid groups (broad SMARTS) is 1. The highest BCUT2D eigenvalue weighted by Gasteiger charge is 2.40. The summed E-state index contributed by atoms with van der Waals surface area (Å²) in [6.07, 6.45) is 2.76. The number of nitrogens with one attached hydrogen (secondary N) is 6. The van der Waals surface area contributed by atoms with Gasteiger partial charge in [0.05, 0.1) is 12.6 Å². The number of carbonyl (C=O) groups excluding carboxylic acids is 6. The molecule has 25 nitrogen and oxygen atoms in total. The molecule has 344 valence electrons. The number of aliphatic imine (C=N–C) groups is 3. The Hall–Kier alpha value is -5.98. The number of rotatable bonds is 26. The topological polar surface area (TPSA) is 429 Å². The van der Waals surface area contributed by atoms with Gasteiger partial charge in [0.15, 0.2) is 17.9 Å². The highest BCUT2D eigenvalue weighted by molar-refractivity contribution is 5.97. The Morgan fingerprint density at radius 3 is 1.66 bits per heavy atom. The molecule has 2 saturated heterocycles. The predicted molar refractivity (Wildman–Crippen MR) is 225 cm³/mol. The first kappa shape index (κ1) is 51.2. The Morgan fingerprint density at radius 2 is 1.16 bits per heavy atom. The third kappa shape index (κ3) is 18.0. The molecular weight excluding hydrogens is 800 g/mol. The van der Waals surface area contributed by atoms with Crippen molar-refractivity contribution in [3.05, 3.63) is 0 Å². The average Bonchev–Trinajstić information content (AvgIpc) is 3.92. The van der Waals surface area contributed by atoms with Crippen LogP contribution >= 0.6 is 0 Å². The van der Waals surface area contributed by atoms with Crippen LogP contribution in [0.15, 0.2) is 15.0 Å². The molecule has 0 radical (unpaired) electrons. The molecule has 0 aromatic heterocycles. The first-order valence-corrected chi connectivity index (χ1v) is 20.4. The second-order valence-electron chi connectivity index (χ2n) is 15.2. The minimum atomic E-state index is -1.56. The third-order valence-corrected chi connectivity index (χ3v) is 9.98. The first-order valence-electron chi connectivity index (χ1n) is 20.4. The van der Waals surface area contributed by atoms with E-state index in [0.717, 1.165) is 6.42 Å². The zero-order chi connectivity index (χ0) is 45.6. The van der Waals surface area contributed by atoms with Crippen LogP contribution in [-0.4, -0.2) is 156 Å². The maximum atomic E-state index is 14.2. The number of carbonyl (C=O) groups is 7. The highest BCUT2D eigenvalue weighted by atomic mass is 16.4. The summed E-state index contributed by atoms with van der Waals surface area (Å²) in [6.45, 7) is 3.57. The summed E-state index contributed by atoms with van der Waals surface area (Å²) >= 11 is 0. The van der Waals surface area contributed by atoms with Crippen molar-refractivity contribution in [1.82, 2.24) is 36.8 Å². The van der Waals surface area contributed by atoms with Gasteiger partial charge in [0.1, 0.15) is 36.3 Å². The van der Waals surface area contributed by atoms with E-state index in [1.807, 2.05) is 0 Å². The van der Waals surface area contributed by atoms with Gasteiger partial charge in [-0.3, -0.25) is 43.7 Å². The Morgan fingerprint density at radius 1 is 0.656 bits per heavy atom. The van der Waals surface area contributed by atoms with Crippen LogP contribution < -0.4 is 66.3 Å². The van der Waals surface area contributed by atoms with Gasteiger partial charge in [-0.25, -0.2) is 4.79 Å². The van der Waals surface area contributed by atoms with Crippen molar-refractivity contribution >= 4 is 59.3 Å². The summed E-state index contributed by atoms with van der Waals surface area (Å²) in [5.74, 6) is -6.50. The molecule has 2 heterocycles. The summed E-state index contributed by atoms with van der Waals surface area (Å²) in [4.78, 5) is 106. The molecule has 0 spiro atoms. The number of likely N-dealkylation sites (tertiary alicyclic amines) is 1. The summed E-state index contributed by atoms with van der Waals surface area (Å²) in [5, 5.41) is 35.9. The third-order valence-electron chi connectivity index (χ3n) is 9.98. The Labute approximate surface area is 354 Å². The Balaban J connectivity index is 2.24. The lowest BCUT2D eigenvalue weighted by atomic mass is 10.0. The maximum Gasteiger partial charge on any atom is 0.326 e. The predicted octanol–water partition coefficient (Wildman–Crippen LogP) is -5.95. The van der Waals surface area contributed by atoms with E-state index in [4.69, 9.17) is 34.4 Å². The van der Waals surface area contributed by atoms with Crippen molar-refractivity contribution in [2.75, 3.05) is 39.3 Å². The van der Waals surface area contributed by atoms with Gasteiger partial charge < -0.3 is 81.4 Å². The lowest BCUT2D eigenvalue weighted by Gasteiger charge is -2.31. The summed E-state index contributed by atoms with van der Waals surface area (Å²) in [5.41, 5.74) is 32.4. The lowest BCUT2D eigenvalue weighted by molar-refractivity contribution is -0.144. The van der Waals surface area contributed by atoms with Gasteiger partial charge in [-0.15, -0.1) is 0 Å². The monoisotopic (exact) mass is 867 g/mol. The van der Waals surface area contributed by atoms with Crippen LogP contribution in [0.25, 0.3) is 0 Å². The summed E-state index contributed by atoms with van der Waals surface area (Å²) in [7, 11) is 0. The molecule has 7 atom stereocenters. The van der Waals surface area contributed by atoms with Crippen molar-refractivity contribution in [1.29, 1.82) is 0 Å². The molecule has 0 aliphatic carbocycles. The number of guanidine groups is 3. The number of carboxylic acids is 1. The van der Waals surface area contributed by atoms with Crippen LogP contribution in [0, 0.1) is 5.92 Å². The molecule has 0 bridgehead atoms. The van der Waals surface area contributed by atoms with Crippen LogP contribution in [-0.2, 0) is 33.6 Å². The van der Waals surface area contributed by atoms with Crippen LogP contribution in [0.4, 0.5) is 0 Å². The Kier molecular flexibility index (Phi) is 22.0. The largest absolute Gasteiger partial charge is 0.480 e. The highest BCUT2D eigenvalue weighted by Crippen LogP contribution is 2.21. The van der Waals surface area contributed by atoms with E-state index in [1.165, 1.54) is 4.90 Å². The fraction of sp³-hybridized carbons (Fsp3) is 0.722. The number of hydrogen-bond donors (Lipinski definition) is 14. The van der Waals surface area contributed by atoms with Crippen LogP contribution in [0.2, 0.25) is 0 Å². The van der Waals surface area contributed by atoms with Crippen molar-refractivity contribution in [3.63, 3.8) is 0 Å². The number of amides is 6. The van der Waals surface area contributed by atoms with Gasteiger partial charge in [0.2, 0.25) is 35.4 Å². The van der Waals surface area contributed by atoms with Crippen LogP contribution in [0.5, 0.6) is 0 Å². The van der Waals surface area contributed by atoms with Gasteiger partial charge in [-0.2, -0.15) is 0 Å². The van der Waals surface area contributed by atoms with E-state index in [9.17, 15) is 43.8 Å². The number of nitrogens with zero attached hydrogens (tertiary/aromatic N) is 4. The fourth-order valence-electron chi connectivity index (χ4n) is 6.76. The first-order chi connectivity index (χ1) is 28.9. The smallest absolute Gasteiger partial charge is 0.326 e. The second kappa shape index (κ2) is 26.3. The zero-order valence-electron chi connectivity index (χ0n) is 34.9. The maximum absolute atomic E-state index is 14.2. The summed E-state index contributed by atoms with van der Waals surface area (Å²) in [6, 6.07) is -8.04. The van der Waals surface area contributed by atoms with E-state index >= 15 is 0 Å². The molecule has 0 unspecified atom stereocenters. The molecule has 2 aliphatic heterocycles. The van der Waals surface area contributed by atoms with Gasteiger partial charge in [-0.05, 0) is 76.7 Å². The lowest BCUT2D eigenvalue weighted by Crippen LogP contribution is -2.60. The van der Waals surface area contributed by atoms with E-state index < -0.39 is 96.2 Å². The number of aliphatic carboxylic acids is 1. The molecule has 0 aromatic carbocycles. The second-order valence-corrected chi connectivity index (χ2v) is 15.2. The van der Waals surface area contributed by atoms with E-state index in [-0.39, 0.29) is 89.0 Å². The van der Waals surface area contributed by atoms with E-state index in [1.54, 1.807) is 13.8 Å². The molecule has 2 aliphatic rings. The fourth-order valence-corrected chi connectivity index (χ4v) is 6.76. The average molecular weight is 867 g/mol. The van der Waals surface area contributed by atoms with Gasteiger partial charge >= 0.3 is 5.97 Å².